The van der Waals surface area contributed by atoms with E-state index in [2.05, 4.69) is 10.1 Å². The molecule has 1 aromatic heterocycles. The Morgan fingerprint density at radius 1 is 1.62 bits per heavy atom. The van der Waals surface area contributed by atoms with E-state index < -0.39 is 6.10 Å². The van der Waals surface area contributed by atoms with E-state index in [-0.39, 0.29) is 5.91 Å². The molecule has 1 atom stereocenters. The van der Waals surface area contributed by atoms with E-state index in [1.165, 1.54) is 4.90 Å². The van der Waals surface area contributed by atoms with E-state index in [1.807, 2.05) is 0 Å². The molecule has 0 saturated carbocycles. The third-order valence-electron chi connectivity index (χ3n) is 2.09. The average Bonchev–Trinajstić information content (AvgIpc) is 2.59. The lowest BCUT2D eigenvalue weighted by Crippen LogP contribution is -2.33. The smallest absolute Gasteiger partial charge is 0.227 e. The van der Waals surface area contributed by atoms with Gasteiger partial charge in [-0.15, -0.1) is 0 Å². The number of aliphatic hydroxyl groups is 1. The fourth-order valence-electron chi connectivity index (χ4n) is 1.34. The average molecular weight is 227 g/mol. The van der Waals surface area contributed by atoms with Crippen LogP contribution in [0.2, 0.25) is 0 Å². The molecular weight excluding hydrogens is 210 g/mol. The number of aliphatic hydroxyl groups excluding tert-OH is 1. The van der Waals surface area contributed by atoms with Crippen LogP contribution in [0.4, 0.5) is 0 Å². The van der Waals surface area contributed by atoms with Gasteiger partial charge in [0.15, 0.2) is 5.82 Å². The predicted molar refractivity (Wildman–Crippen MR) is 56.7 cm³/mol. The number of aromatic nitrogens is 2. The molecular formula is C10H17N3O3. The van der Waals surface area contributed by atoms with Gasteiger partial charge in [0.25, 0.3) is 0 Å². The van der Waals surface area contributed by atoms with Crippen molar-refractivity contribution in [2.45, 2.75) is 32.8 Å². The summed E-state index contributed by atoms with van der Waals surface area (Å²) in [6, 6.07) is 0. The first-order chi connectivity index (χ1) is 7.49. The van der Waals surface area contributed by atoms with Crippen molar-refractivity contribution in [2.75, 3.05) is 13.6 Å². The second-order valence-electron chi connectivity index (χ2n) is 3.86. The van der Waals surface area contributed by atoms with Crippen LogP contribution in [0.5, 0.6) is 0 Å². The normalized spacial score (nSPS) is 12.5. The minimum Gasteiger partial charge on any atom is -0.392 e. The van der Waals surface area contributed by atoms with Crippen molar-refractivity contribution in [2.24, 2.45) is 0 Å². The SMILES string of the molecule is Cc1noc(CCC(=O)N(C)CC(C)O)n1. The zero-order chi connectivity index (χ0) is 12.1. The Hall–Kier alpha value is -1.43. The van der Waals surface area contributed by atoms with Crippen LogP contribution in [-0.2, 0) is 11.2 Å². The Bertz CT molecular complexity index is 349. The summed E-state index contributed by atoms with van der Waals surface area (Å²) in [6.45, 7) is 3.71. The van der Waals surface area contributed by atoms with Crippen LogP contribution >= 0.6 is 0 Å². The lowest BCUT2D eigenvalue weighted by molar-refractivity contribution is -0.131. The van der Waals surface area contributed by atoms with Gasteiger partial charge in [0, 0.05) is 26.4 Å². The summed E-state index contributed by atoms with van der Waals surface area (Å²) >= 11 is 0. The molecule has 0 radical (unpaired) electrons. The van der Waals surface area contributed by atoms with Gasteiger partial charge in [-0.1, -0.05) is 5.16 Å². The summed E-state index contributed by atoms with van der Waals surface area (Å²) in [5.74, 6) is 0.993. The minimum atomic E-state index is -0.514. The van der Waals surface area contributed by atoms with Crippen LogP contribution in [-0.4, -0.2) is 45.8 Å². The number of hydrogen-bond acceptors (Lipinski definition) is 5. The van der Waals surface area contributed by atoms with Crippen molar-refractivity contribution in [1.82, 2.24) is 15.0 Å². The van der Waals surface area contributed by atoms with Gasteiger partial charge in [-0.25, -0.2) is 0 Å². The van der Waals surface area contributed by atoms with Crippen LogP contribution in [0.25, 0.3) is 0 Å². The maximum Gasteiger partial charge on any atom is 0.227 e. The third-order valence-corrected chi connectivity index (χ3v) is 2.09. The number of carbonyl (C=O) groups is 1. The first kappa shape index (κ1) is 12.6. The molecule has 6 nitrogen and oxygen atoms in total. The fourth-order valence-corrected chi connectivity index (χ4v) is 1.34. The van der Waals surface area contributed by atoms with Crippen molar-refractivity contribution in [3.05, 3.63) is 11.7 Å². The number of carbonyl (C=O) groups excluding carboxylic acids is 1. The summed E-state index contributed by atoms with van der Waals surface area (Å²) in [5.41, 5.74) is 0. The summed E-state index contributed by atoms with van der Waals surface area (Å²) < 4.78 is 4.89. The van der Waals surface area contributed by atoms with Gasteiger partial charge >= 0.3 is 0 Å². The second kappa shape index (κ2) is 5.60. The van der Waals surface area contributed by atoms with E-state index in [1.54, 1.807) is 20.9 Å². The topological polar surface area (TPSA) is 79.5 Å². The molecule has 0 saturated heterocycles. The van der Waals surface area contributed by atoms with Gasteiger partial charge in [0.2, 0.25) is 11.8 Å². The number of hydrogen-bond donors (Lipinski definition) is 1. The molecule has 0 aliphatic rings. The van der Waals surface area contributed by atoms with E-state index in [0.29, 0.717) is 31.1 Å². The molecule has 6 heteroatoms. The van der Waals surface area contributed by atoms with E-state index in [4.69, 9.17) is 9.63 Å². The number of rotatable bonds is 5. The number of nitrogens with zero attached hydrogens (tertiary/aromatic N) is 3. The Labute approximate surface area is 94.3 Å². The van der Waals surface area contributed by atoms with Gasteiger partial charge in [-0.3, -0.25) is 4.79 Å². The predicted octanol–water partition coefficient (Wildman–Crippen LogP) is 0.150. The largest absolute Gasteiger partial charge is 0.392 e. The van der Waals surface area contributed by atoms with E-state index in [0.717, 1.165) is 0 Å². The maximum atomic E-state index is 11.6. The van der Waals surface area contributed by atoms with Crippen molar-refractivity contribution in [3.8, 4) is 0 Å². The van der Waals surface area contributed by atoms with Crippen LogP contribution in [0.15, 0.2) is 4.52 Å². The van der Waals surface area contributed by atoms with Crippen molar-refractivity contribution in [3.63, 3.8) is 0 Å². The molecule has 1 amide bonds. The highest BCUT2D eigenvalue weighted by molar-refractivity contribution is 5.76. The Morgan fingerprint density at radius 3 is 2.81 bits per heavy atom. The third kappa shape index (κ3) is 3.98. The highest BCUT2D eigenvalue weighted by Gasteiger charge is 2.12. The van der Waals surface area contributed by atoms with Gasteiger partial charge in [0.1, 0.15) is 0 Å². The van der Waals surface area contributed by atoms with Crippen LogP contribution in [0.1, 0.15) is 25.1 Å². The molecule has 1 aromatic rings. The first-order valence-electron chi connectivity index (χ1n) is 5.20. The molecule has 1 unspecified atom stereocenters. The number of likely N-dealkylation sites (N-methyl/N-ethyl adjacent to an activating group) is 1. The minimum absolute atomic E-state index is 0.0447. The molecule has 90 valence electrons. The van der Waals surface area contributed by atoms with Gasteiger partial charge in [-0.05, 0) is 13.8 Å². The fraction of sp³-hybridized carbons (Fsp3) is 0.700. The maximum absolute atomic E-state index is 11.6. The van der Waals surface area contributed by atoms with Crippen LogP contribution < -0.4 is 0 Å². The molecule has 0 spiro atoms. The van der Waals surface area contributed by atoms with E-state index in [9.17, 15) is 4.79 Å². The lowest BCUT2D eigenvalue weighted by atomic mass is 10.2. The molecule has 1 heterocycles. The zero-order valence-electron chi connectivity index (χ0n) is 9.80. The van der Waals surface area contributed by atoms with Gasteiger partial charge < -0.3 is 14.5 Å². The quantitative estimate of drug-likeness (QED) is 0.774. The highest BCUT2D eigenvalue weighted by Crippen LogP contribution is 2.02. The Kier molecular flexibility index (Phi) is 4.42. The summed E-state index contributed by atoms with van der Waals surface area (Å²) in [6.07, 6.45) is 0.230. The molecule has 0 aliphatic heterocycles. The highest BCUT2D eigenvalue weighted by atomic mass is 16.5. The molecule has 0 fully saturated rings. The standard InChI is InChI=1S/C10H17N3O3/c1-7(14)6-13(3)10(15)5-4-9-11-8(2)12-16-9/h7,14H,4-6H2,1-3H3. The monoisotopic (exact) mass is 227 g/mol. The molecule has 1 N–H and O–H groups in total. The molecule has 0 aliphatic carbocycles. The zero-order valence-corrected chi connectivity index (χ0v) is 9.80. The van der Waals surface area contributed by atoms with Crippen LogP contribution in [0, 0.1) is 6.92 Å². The van der Waals surface area contributed by atoms with Gasteiger partial charge in [-0.2, -0.15) is 4.98 Å². The Balaban J connectivity index is 2.35. The van der Waals surface area contributed by atoms with Crippen molar-refractivity contribution >= 4 is 5.91 Å². The van der Waals surface area contributed by atoms with E-state index >= 15 is 0 Å². The molecule has 16 heavy (non-hydrogen) atoms. The first-order valence-corrected chi connectivity index (χ1v) is 5.20. The summed E-state index contributed by atoms with van der Waals surface area (Å²) in [4.78, 5) is 17.1. The molecule has 0 aromatic carbocycles. The summed E-state index contributed by atoms with van der Waals surface area (Å²) in [7, 11) is 1.66. The summed E-state index contributed by atoms with van der Waals surface area (Å²) in [5, 5.41) is 12.8. The number of aryl methyl sites for hydroxylation is 2. The molecule has 0 bridgehead atoms. The van der Waals surface area contributed by atoms with Gasteiger partial charge in [0.05, 0.1) is 6.10 Å². The lowest BCUT2D eigenvalue weighted by Gasteiger charge is -2.18. The molecule has 1 rings (SSSR count). The van der Waals surface area contributed by atoms with Crippen molar-refractivity contribution in [1.29, 1.82) is 0 Å². The van der Waals surface area contributed by atoms with Crippen LogP contribution in [0.3, 0.4) is 0 Å². The van der Waals surface area contributed by atoms with Crippen molar-refractivity contribution < 1.29 is 14.4 Å². The Morgan fingerprint density at radius 2 is 2.31 bits per heavy atom. The number of amides is 1. The second-order valence-corrected chi connectivity index (χ2v) is 3.86.